The summed E-state index contributed by atoms with van der Waals surface area (Å²) >= 11 is 1.35. The summed E-state index contributed by atoms with van der Waals surface area (Å²) in [6.45, 7) is 3.50. The second-order valence-corrected chi connectivity index (χ2v) is 8.01. The van der Waals surface area contributed by atoms with Crippen molar-refractivity contribution in [3.63, 3.8) is 0 Å². The molecule has 2 fully saturated rings. The Balaban J connectivity index is 1.74. The molecule has 7 heteroatoms. The van der Waals surface area contributed by atoms with Crippen molar-refractivity contribution in [1.29, 1.82) is 0 Å². The first kappa shape index (κ1) is 16.2. The molecule has 1 saturated heterocycles. The van der Waals surface area contributed by atoms with Gasteiger partial charge in [-0.3, -0.25) is 9.59 Å². The van der Waals surface area contributed by atoms with Crippen molar-refractivity contribution in [2.24, 2.45) is 11.7 Å². The minimum Gasteiger partial charge on any atom is -0.368 e. The summed E-state index contributed by atoms with van der Waals surface area (Å²) in [5, 5.41) is 0.724. The van der Waals surface area contributed by atoms with E-state index < -0.39 is 11.9 Å². The molecule has 3 atom stereocenters. The van der Waals surface area contributed by atoms with E-state index in [0.29, 0.717) is 28.3 Å². The molecule has 1 aliphatic heterocycles. The van der Waals surface area contributed by atoms with Crippen molar-refractivity contribution in [2.75, 3.05) is 0 Å². The Hall–Kier alpha value is -2.28. The average molecular weight is 359 g/mol. The van der Waals surface area contributed by atoms with Gasteiger partial charge in [0.1, 0.15) is 17.6 Å². The van der Waals surface area contributed by atoms with E-state index in [1.807, 2.05) is 6.92 Å². The number of likely N-dealkylation sites (tertiary alicyclic amines) is 1. The number of aromatic nitrogens is 1. The summed E-state index contributed by atoms with van der Waals surface area (Å²) in [5.41, 5.74) is 6.93. The molecule has 1 aromatic carbocycles. The fourth-order valence-electron chi connectivity index (χ4n) is 3.63. The van der Waals surface area contributed by atoms with Gasteiger partial charge < -0.3 is 10.6 Å². The maximum absolute atomic E-state index is 14.0. The average Bonchev–Trinajstić information content (AvgIpc) is 3.05. The number of halogens is 1. The van der Waals surface area contributed by atoms with E-state index in [4.69, 9.17) is 5.73 Å². The Morgan fingerprint density at radius 3 is 2.76 bits per heavy atom. The SMILES string of the molecule is Cc1nc(C(=O)N2[C@H](C(N)=O)C[C@H]3C[C@@H]32)c(-c2ccc(C)c(F)c2)s1. The van der Waals surface area contributed by atoms with Crippen LogP contribution in [-0.2, 0) is 4.79 Å². The molecule has 1 aliphatic carbocycles. The van der Waals surface area contributed by atoms with Crippen LogP contribution in [-0.4, -0.2) is 33.8 Å². The van der Waals surface area contributed by atoms with Crippen LogP contribution >= 0.6 is 11.3 Å². The van der Waals surface area contributed by atoms with Crippen LogP contribution in [0, 0.1) is 25.6 Å². The second kappa shape index (κ2) is 5.62. The lowest BCUT2D eigenvalue weighted by Crippen LogP contribution is -2.46. The highest BCUT2D eigenvalue weighted by molar-refractivity contribution is 7.15. The number of nitrogens with zero attached hydrogens (tertiary/aromatic N) is 2. The van der Waals surface area contributed by atoms with Crippen molar-refractivity contribution in [3.05, 3.63) is 40.3 Å². The smallest absolute Gasteiger partial charge is 0.274 e. The number of thiazole rings is 1. The number of benzene rings is 1. The zero-order valence-corrected chi connectivity index (χ0v) is 14.8. The van der Waals surface area contributed by atoms with Crippen molar-refractivity contribution in [3.8, 4) is 10.4 Å². The third kappa shape index (κ3) is 2.63. The maximum atomic E-state index is 14.0. The van der Waals surface area contributed by atoms with Crippen LogP contribution in [0.5, 0.6) is 0 Å². The lowest BCUT2D eigenvalue weighted by molar-refractivity contribution is -0.122. The van der Waals surface area contributed by atoms with Crippen molar-refractivity contribution in [1.82, 2.24) is 9.88 Å². The molecule has 25 heavy (non-hydrogen) atoms. The fourth-order valence-corrected chi connectivity index (χ4v) is 4.53. The summed E-state index contributed by atoms with van der Waals surface area (Å²) in [6.07, 6.45) is 1.54. The van der Waals surface area contributed by atoms with Crippen molar-refractivity contribution in [2.45, 2.75) is 38.8 Å². The number of fused-ring (bicyclic) bond motifs is 1. The van der Waals surface area contributed by atoms with Crippen LogP contribution in [0.2, 0.25) is 0 Å². The number of aryl methyl sites for hydroxylation is 2. The third-order valence-electron chi connectivity index (χ3n) is 5.04. The number of hydrogen-bond acceptors (Lipinski definition) is 4. The van der Waals surface area contributed by atoms with Gasteiger partial charge in [0, 0.05) is 6.04 Å². The van der Waals surface area contributed by atoms with Crippen LogP contribution in [0.4, 0.5) is 4.39 Å². The van der Waals surface area contributed by atoms with Crippen LogP contribution in [0.15, 0.2) is 18.2 Å². The van der Waals surface area contributed by atoms with E-state index in [0.717, 1.165) is 11.4 Å². The molecular formula is C18H18FN3O2S. The molecule has 1 saturated carbocycles. The zero-order valence-electron chi connectivity index (χ0n) is 14.0. The fraction of sp³-hybridized carbons (Fsp3) is 0.389. The summed E-state index contributed by atoms with van der Waals surface area (Å²) < 4.78 is 14.0. The van der Waals surface area contributed by atoms with Gasteiger partial charge in [0.15, 0.2) is 0 Å². The Bertz CT molecular complexity index is 894. The Labute approximate surface area is 148 Å². The molecule has 0 unspecified atom stereocenters. The van der Waals surface area contributed by atoms with E-state index in [2.05, 4.69) is 4.98 Å². The summed E-state index contributed by atoms with van der Waals surface area (Å²) in [7, 11) is 0. The van der Waals surface area contributed by atoms with Gasteiger partial charge in [-0.15, -0.1) is 11.3 Å². The lowest BCUT2D eigenvalue weighted by Gasteiger charge is -2.24. The van der Waals surface area contributed by atoms with Gasteiger partial charge in [-0.2, -0.15) is 0 Å². The molecule has 1 aromatic heterocycles. The number of nitrogens with two attached hydrogens (primary N) is 1. The summed E-state index contributed by atoms with van der Waals surface area (Å²) in [5.74, 6) is -0.716. The second-order valence-electron chi connectivity index (χ2n) is 6.80. The topological polar surface area (TPSA) is 76.3 Å². The first-order chi connectivity index (χ1) is 11.9. The highest BCUT2D eigenvalue weighted by Crippen LogP contribution is 2.48. The third-order valence-corrected chi connectivity index (χ3v) is 6.06. The Morgan fingerprint density at radius 2 is 2.08 bits per heavy atom. The van der Waals surface area contributed by atoms with Gasteiger partial charge in [-0.1, -0.05) is 12.1 Å². The van der Waals surface area contributed by atoms with Crippen LogP contribution in [0.3, 0.4) is 0 Å². The Kier molecular flexibility index (Phi) is 3.64. The molecular weight excluding hydrogens is 341 g/mol. The van der Waals surface area contributed by atoms with Crippen molar-refractivity contribution < 1.29 is 14.0 Å². The standard InChI is InChI=1S/C18H18FN3O2S/c1-8-3-4-10(5-12(8)19)16-15(21-9(2)25-16)18(24)22-13-6-11(13)7-14(22)17(20)23/h3-5,11,13-14H,6-7H2,1-2H3,(H2,20,23)/t11-,13+,14+/m1/s1. The molecule has 2 aliphatic rings. The lowest BCUT2D eigenvalue weighted by atomic mass is 10.1. The van der Waals surface area contributed by atoms with Crippen LogP contribution in [0.25, 0.3) is 10.4 Å². The highest BCUT2D eigenvalue weighted by Gasteiger charge is 2.56. The first-order valence-corrected chi connectivity index (χ1v) is 9.04. The predicted octanol–water partition coefficient (Wildman–Crippen LogP) is 2.65. The molecule has 0 spiro atoms. The van der Waals surface area contributed by atoms with Gasteiger partial charge >= 0.3 is 0 Å². The first-order valence-electron chi connectivity index (χ1n) is 8.22. The zero-order chi connectivity index (χ0) is 17.9. The Morgan fingerprint density at radius 1 is 1.32 bits per heavy atom. The van der Waals surface area contributed by atoms with E-state index in [9.17, 15) is 14.0 Å². The predicted molar refractivity (Wildman–Crippen MR) is 92.6 cm³/mol. The van der Waals surface area contributed by atoms with Crippen LogP contribution in [0.1, 0.15) is 33.9 Å². The number of rotatable bonds is 3. The molecule has 4 rings (SSSR count). The number of hydrogen-bond donors (Lipinski definition) is 1. The molecule has 2 aromatic rings. The number of amides is 2. The van der Waals surface area contributed by atoms with E-state index in [1.165, 1.54) is 17.4 Å². The largest absolute Gasteiger partial charge is 0.368 e. The molecule has 2 N–H and O–H groups in total. The molecule has 2 amide bonds. The molecule has 130 valence electrons. The molecule has 0 radical (unpaired) electrons. The van der Waals surface area contributed by atoms with Gasteiger partial charge in [-0.05, 0) is 49.8 Å². The molecule has 2 heterocycles. The van der Waals surface area contributed by atoms with Gasteiger partial charge in [-0.25, -0.2) is 9.37 Å². The monoisotopic (exact) mass is 359 g/mol. The highest BCUT2D eigenvalue weighted by atomic mass is 32.1. The minimum absolute atomic E-state index is 0.0783. The van der Waals surface area contributed by atoms with Crippen LogP contribution < -0.4 is 5.73 Å². The van der Waals surface area contributed by atoms with Gasteiger partial charge in [0.25, 0.3) is 5.91 Å². The summed E-state index contributed by atoms with van der Waals surface area (Å²) in [6, 6.07) is 4.41. The minimum atomic E-state index is -0.569. The quantitative estimate of drug-likeness (QED) is 0.915. The van der Waals surface area contributed by atoms with E-state index in [-0.39, 0.29) is 23.5 Å². The summed E-state index contributed by atoms with van der Waals surface area (Å²) in [4.78, 5) is 31.5. The van der Waals surface area contributed by atoms with Crippen molar-refractivity contribution >= 4 is 23.2 Å². The number of piperidine rings is 1. The number of carbonyl (C=O) groups excluding carboxylic acids is 2. The number of primary amides is 1. The molecule has 0 bridgehead atoms. The van der Waals surface area contributed by atoms with E-state index >= 15 is 0 Å². The van der Waals surface area contributed by atoms with Gasteiger partial charge in [0.05, 0.1) is 9.88 Å². The normalized spacial score (nSPS) is 24.3. The number of carbonyl (C=O) groups is 2. The maximum Gasteiger partial charge on any atom is 0.274 e. The molecule has 5 nitrogen and oxygen atoms in total. The van der Waals surface area contributed by atoms with Gasteiger partial charge in [0.2, 0.25) is 5.91 Å². The van der Waals surface area contributed by atoms with E-state index in [1.54, 1.807) is 24.0 Å².